The van der Waals surface area contributed by atoms with Crippen molar-refractivity contribution in [1.29, 1.82) is 0 Å². The summed E-state index contributed by atoms with van der Waals surface area (Å²) in [4.78, 5) is 27.6. The van der Waals surface area contributed by atoms with Crippen LogP contribution in [0.2, 0.25) is 0 Å². The summed E-state index contributed by atoms with van der Waals surface area (Å²) >= 11 is 0. The molecule has 0 unspecified atom stereocenters. The number of amides is 3. The van der Waals surface area contributed by atoms with Gasteiger partial charge in [-0.15, -0.1) is 10.2 Å². The Morgan fingerprint density at radius 1 is 1.14 bits per heavy atom. The Bertz CT molecular complexity index is 1380. The second-order valence-electron chi connectivity index (χ2n) is 8.03. The number of carbonyl (C=O) groups excluding carboxylic acids is 2. The molecule has 4 rings (SSSR count). The molecule has 9 nitrogen and oxygen atoms in total. The Morgan fingerprint density at radius 3 is 2.42 bits per heavy atom. The first-order valence-corrected chi connectivity index (χ1v) is 12.8. The second-order valence-corrected chi connectivity index (χ2v) is 10.6. The van der Waals surface area contributed by atoms with Crippen LogP contribution >= 0.6 is 0 Å². The van der Waals surface area contributed by atoms with E-state index >= 15 is 4.39 Å². The molecule has 1 fully saturated rings. The van der Waals surface area contributed by atoms with Crippen molar-refractivity contribution in [2.45, 2.75) is 19.9 Å². The van der Waals surface area contributed by atoms with Crippen molar-refractivity contribution in [2.75, 3.05) is 29.5 Å². The van der Waals surface area contributed by atoms with Crippen LogP contribution in [0.3, 0.4) is 0 Å². The molecule has 2 heterocycles. The summed E-state index contributed by atoms with van der Waals surface area (Å²) in [6.45, 7) is 1.35. The number of alkyl halides is 2. The number of hydrogen-bond acceptors (Lipinski definition) is 6. The van der Waals surface area contributed by atoms with Gasteiger partial charge in [0, 0.05) is 36.8 Å². The lowest BCUT2D eigenvalue weighted by Crippen LogP contribution is -2.49. The van der Waals surface area contributed by atoms with E-state index in [-0.39, 0.29) is 48.2 Å². The Hall–Kier alpha value is -3.74. The standard InChI is InChI=1S/C23H22F3N5O4S/c1-15(32)29-36(34)11-9-30(10-12-36)23(33)31(18-5-3-2-4-6-18)14-17-8-7-16(13-19(17)24)21-27-28-22(35-21)20(25)26/h2-8,13,20H,9-12,14H2,1H3. The third-order valence-corrected chi connectivity index (χ3v) is 7.71. The highest BCUT2D eigenvalue weighted by Gasteiger charge is 2.29. The topological polar surface area (TPSA) is 109 Å². The summed E-state index contributed by atoms with van der Waals surface area (Å²) in [7, 11) is -2.71. The molecule has 0 aliphatic carbocycles. The number of rotatable bonds is 5. The molecule has 0 spiro atoms. The molecule has 3 aromatic rings. The summed E-state index contributed by atoms with van der Waals surface area (Å²) in [5.41, 5.74) is 0.800. The Kier molecular flexibility index (Phi) is 7.38. The number of hydrogen-bond donors (Lipinski definition) is 0. The van der Waals surface area contributed by atoms with E-state index in [2.05, 4.69) is 14.6 Å². The lowest BCUT2D eigenvalue weighted by atomic mass is 10.1. The summed E-state index contributed by atoms with van der Waals surface area (Å²) in [5.74, 6) is -2.20. The van der Waals surface area contributed by atoms with Crippen LogP contribution in [0, 0.1) is 5.82 Å². The van der Waals surface area contributed by atoms with E-state index in [1.165, 1.54) is 28.9 Å². The first-order valence-electron chi connectivity index (χ1n) is 10.9. The van der Waals surface area contributed by atoms with Crippen LogP contribution in [0.15, 0.2) is 57.3 Å². The molecule has 2 aromatic carbocycles. The molecule has 36 heavy (non-hydrogen) atoms. The van der Waals surface area contributed by atoms with Crippen molar-refractivity contribution in [3.05, 3.63) is 65.8 Å². The molecule has 190 valence electrons. The number of carbonyl (C=O) groups is 2. The van der Waals surface area contributed by atoms with Crippen molar-refractivity contribution in [2.24, 2.45) is 4.36 Å². The minimum atomic E-state index is -2.94. The Balaban J connectivity index is 1.57. The van der Waals surface area contributed by atoms with Crippen LogP contribution in [0.5, 0.6) is 0 Å². The van der Waals surface area contributed by atoms with Crippen molar-refractivity contribution < 1.29 is 31.4 Å². The summed E-state index contributed by atoms with van der Waals surface area (Å²) < 4.78 is 61.8. The smallest absolute Gasteiger partial charge is 0.324 e. The Morgan fingerprint density at radius 2 is 1.83 bits per heavy atom. The third-order valence-electron chi connectivity index (χ3n) is 5.48. The van der Waals surface area contributed by atoms with Gasteiger partial charge in [-0.25, -0.2) is 13.4 Å². The van der Waals surface area contributed by atoms with E-state index < -0.39 is 39.8 Å². The van der Waals surface area contributed by atoms with Crippen LogP contribution in [-0.4, -0.2) is 55.8 Å². The minimum absolute atomic E-state index is 0.0643. The van der Waals surface area contributed by atoms with Crippen LogP contribution in [0.1, 0.15) is 24.8 Å². The molecule has 1 aliphatic heterocycles. The fourth-order valence-electron chi connectivity index (χ4n) is 3.70. The monoisotopic (exact) mass is 521 g/mol. The lowest BCUT2D eigenvalue weighted by molar-refractivity contribution is -0.115. The zero-order chi connectivity index (χ0) is 25.9. The van der Waals surface area contributed by atoms with Gasteiger partial charge < -0.3 is 9.32 Å². The van der Waals surface area contributed by atoms with Gasteiger partial charge in [-0.05, 0) is 24.3 Å². The highest BCUT2D eigenvalue weighted by molar-refractivity contribution is 7.94. The zero-order valence-corrected chi connectivity index (χ0v) is 20.0. The van der Waals surface area contributed by atoms with Gasteiger partial charge in [0.25, 0.3) is 11.8 Å². The minimum Gasteiger partial charge on any atom is -0.415 e. The lowest BCUT2D eigenvalue weighted by Gasteiger charge is -2.34. The van der Waals surface area contributed by atoms with E-state index in [9.17, 15) is 22.6 Å². The summed E-state index contributed by atoms with van der Waals surface area (Å²) in [6.07, 6.45) is -2.94. The van der Waals surface area contributed by atoms with Gasteiger partial charge in [0.1, 0.15) is 5.82 Å². The van der Waals surface area contributed by atoms with Crippen LogP contribution in [-0.2, 0) is 21.1 Å². The molecule has 1 aromatic heterocycles. The van der Waals surface area contributed by atoms with Gasteiger partial charge in [-0.2, -0.15) is 13.1 Å². The number of para-hydroxylation sites is 1. The molecular weight excluding hydrogens is 499 g/mol. The fraction of sp³-hybridized carbons (Fsp3) is 0.304. The van der Waals surface area contributed by atoms with Gasteiger partial charge in [0.15, 0.2) is 0 Å². The predicted octanol–water partition coefficient (Wildman–Crippen LogP) is 4.27. The van der Waals surface area contributed by atoms with Gasteiger partial charge >= 0.3 is 12.5 Å². The molecule has 1 saturated heterocycles. The highest BCUT2D eigenvalue weighted by Crippen LogP contribution is 2.27. The molecule has 0 radical (unpaired) electrons. The van der Waals surface area contributed by atoms with Gasteiger partial charge in [0.05, 0.1) is 27.8 Å². The van der Waals surface area contributed by atoms with Crippen LogP contribution in [0.25, 0.3) is 11.5 Å². The van der Waals surface area contributed by atoms with E-state index in [1.807, 2.05) is 0 Å². The quantitative estimate of drug-likeness (QED) is 0.496. The van der Waals surface area contributed by atoms with Crippen LogP contribution < -0.4 is 4.90 Å². The summed E-state index contributed by atoms with van der Waals surface area (Å²) in [6, 6.07) is 12.2. The molecule has 0 atom stereocenters. The maximum absolute atomic E-state index is 15.0. The molecule has 1 aliphatic rings. The van der Waals surface area contributed by atoms with Gasteiger partial charge in [0.2, 0.25) is 5.89 Å². The van der Waals surface area contributed by atoms with Crippen molar-refractivity contribution in [3.63, 3.8) is 0 Å². The highest BCUT2D eigenvalue weighted by atomic mass is 32.2. The molecular formula is C23H22F3N5O4S. The number of anilines is 1. The second kappa shape index (κ2) is 10.5. The fourth-order valence-corrected chi connectivity index (χ4v) is 5.57. The largest absolute Gasteiger partial charge is 0.415 e. The van der Waals surface area contributed by atoms with E-state index in [1.54, 1.807) is 30.3 Å². The molecule has 0 bridgehead atoms. The SMILES string of the molecule is CC(=O)N=S1(=O)CCN(C(=O)N(Cc2ccc(-c3nnc(C(F)F)o3)cc2F)c2ccccc2)CC1. The van der Waals surface area contributed by atoms with Gasteiger partial charge in [-0.3, -0.25) is 9.69 Å². The maximum Gasteiger partial charge on any atom is 0.324 e. The number of urea groups is 1. The first kappa shape index (κ1) is 25.4. The van der Waals surface area contributed by atoms with E-state index in [0.717, 1.165) is 6.07 Å². The van der Waals surface area contributed by atoms with Gasteiger partial charge in [-0.1, -0.05) is 24.3 Å². The van der Waals surface area contributed by atoms with Crippen LogP contribution in [0.4, 0.5) is 23.7 Å². The van der Waals surface area contributed by atoms with Crippen molar-refractivity contribution in [3.8, 4) is 11.5 Å². The normalized spacial score (nSPS) is 15.1. The van der Waals surface area contributed by atoms with Crippen molar-refractivity contribution in [1.82, 2.24) is 15.1 Å². The maximum atomic E-state index is 15.0. The molecule has 3 amide bonds. The Labute approximate surface area is 205 Å². The number of benzene rings is 2. The third kappa shape index (κ3) is 5.73. The van der Waals surface area contributed by atoms with Crippen molar-refractivity contribution >= 4 is 27.4 Å². The predicted molar refractivity (Wildman–Crippen MR) is 125 cm³/mol. The first-order chi connectivity index (χ1) is 17.1. The number of halogens is 3. The summed E-state index contributed by atoms with van der Waals surface area (Å²) in [5, 5.41) is 6.76. The van der Waals surface area contributed by atoms with E-state index in [4.69, 9.17) is 4.42 Å². The molecule has 0 saturated carbocycles. The average Bonchev–Trinajstić information content (AvgIpc) is 3.34. The molecule has 0 N–H and O–H groups in total. The molecule has 13 heteroatoms. The number of aromatic nitrogens is 2. The number of nitrogens with zero attached hydrogens (tertiary/aromatic N) is 5. The zero-order valence-electron chi connectivity index (χ0n) is 19.1. The average molecular weight is 522 g/mol. The van der Waals surface area contributed by atoms with E-state index in [0.29, 0.717) is 5.69 Å².